The molecule has 1 saturated carbocycles. The number of methoxy groups -OCH3 is 1. The number of benzene rings is 1. The summed E-state index contributed by atoms with van der Waals surface area (Å²) in [5.74, 6) is 0.623. The molecule has 6 heteroatoms. The standard InChI is InChI=1S/C19H23N3O3/c1-21-9-3-5-14(6-10-21)15-11-17(22(23)24)16(12-18(15)25-2)19(13-20)7-4-8-19/h6,11-12H,3-5,7-10H2,1-2H3. The van der Waals surface area contributed by atoms with Crippen molar-refractivity contribution in [2.45, 2.75) is 37.5 Å². The van der Waals surface area contributed by atoms with E-state index in [0.29, 0.717) is 24.2 Å². The molecule has 6 nitrogen and oxygen atoms in total. The number of allylic oxidation sites excluding steroid dienone is 1. The molecule has 0 amide bonds. The minimum absolute atomic E-state index is 0.0375. The molecule has 0 aromatic heterocycles. The number of hydrogen-bond donors (Lipinski definition) is 0. The van der Waals surface area contributed by atoms with Crippen LogP contribution in [-0.4, -0.2) is 37.1 Å². The average Bonchev–Trinajstić information content (AvgIpc) is 2.78. The highest BCUT2D eigenvalue weighted by Crippen LogP contribution is 2.49. The second kappa shape index (κ2) is 6.85. The Morgan fingerprint density at radius 1 is 1.36 bits per heavy atom. The number of likely N-dealkylation sites (N-methyl/N-ethyl adjacent to an activating group) is 1. The van der Waals surface area contributed by atoms with Gasteiger partial charge >= 0.3 is 0 Å². The van der Waals surface area contributed by atoms with Crippen LogP contribution < -0.4 is 4.74 Å². The zero-order valence-corrected chi connectivity index (χ0v) is 14.7. The summed E-state index contributed by atoms with van der Waals surface area (Å²) in [5.41, 5.74) is 1.65. The molecule has 1 aromatic carbocycles. The highest BCUT2D eigenvalue weighted by Gasteiger charge is 2.44. The minimum Gasteiger partial charge on any atom is -0.496 e. The van der Waals surface area contributed by atoms with E-state index in [1.807, 2.05) is 0 Å². The minimum atomic E-state index is -0.744. The molecule has 0 spiro atoms. The van der Waals surface area contributed by atoms with E-state index in [-0.39, 0.29) is 10.6 Å². The molecule has 0 saturated heterocycles. The number of hydrogen-bond acceptors (Lipinski definition) is 5. The van der Waals surface area contributed by atoms with Crippen LogP contribution in [0.2, 0.25) is 0 Å². The predicted octanol–water partition coefficient (Wildman–Crippen LogP) is 3.66. The first-order valence-electron chi connectivity index (χ1n) is 8.67. The van der Waals surface area contributed by atoms with Gasteiger partial charge in [-0.05, 0) is 57.3 Å². The zero-order chi connectivity index (χ0) is 18.0. The Morgan fingerprint density at radius 3 is 2.68 bits per heavy atom. The van der Waals surface area contributed by atoms with Crippen LogP contribution in [0.1, 0.15) is 43.2 Å². The van der Waals surface area contributed by atoms with E-state index < -0.39 is 5.41 Å². The third-order valence-corrected chi connectivity index (χ3v) is 5.43. The first kappa shape index (κ1) is 17.4. The van der Waals surface area contributed by atoms with E-state index in [0.717, 1.165) is 43.5 Å². The van der Waals surface area contributed by atoms with Crippen LogP contribution >= 0.6 is 0 Å². The lowest BCUT2D eigenvalue weighted by Gasteiger charge is -2.35. The van der Waals surface area contributed by atoms with Gasteiger partial charge in [0, 0.05) is 18.2 Å². The molecule has 2 aliphatic rings. The van der Waals surface area contributed by atoms with Gasteiger partial charge in [-0.15, -0.1) is 0 Å². The first-order chi connectivity index (χ1) is 12.0. The second-order valence-corrected chi connectivity index (χ2v) is 6.97. The number of rotatable bonds is 4. The Bertz CT molecular complexity index is 760. The molecule has 3 rings (SSSR count). The average molecular weight is 341 g/mol. The van der Waals surface area contributed by atoms with E-state index in [4.69, 9.17) is 4.74 Å². The summed E-state index contributed by atoms with van der Waals surface area (Å²) >= 11 is 0. The summed E-state index contributed by atoms with van der Waals surface area (Å²) in [4.78, 5) is 13.6. The van der Waals surface area contributed by atoms with Crippen molar-refractivity contribution in [2.75, 3.05) is 27.2 Å². The summed E-state index contributed by atoms with van der Waals surface area (Å²) in [5, 5.41) is 21.3. The fraction of sp³-hybridized carbons (Fsp3) is 0.526. The van der Waals surface area contributed by atoms with Crippen LogP contribution in [0, 0.1) is 21.4 Å². The van der Waals surface area contributed by atoms with Gasteiger partial charge in [0.2, 0.25) is 0 Å². The Kier molecular flexibility index (Phi) is 4.78. The summed E-state index contributed by atoms with van der Waals surface area (Å²) in [6.07, 6.45) is 6.24. The van der Waals surface area contributed by atoms with Crippen molar-refractivity contribution in [1.29, 1.82) is 5.26 Å². The Balaban J connectivity index is 2.13. The molecular formula is C19H23N3O3. The van der Waals surface area contributed by atoms with Crippen molar-refractivity contribution < 1.29 is 9.66 Å². The lowest BCUT2D eigenvalue weighted by molar-refractivity contribution is -0.386. The zero-order valence-electron chi connectivity index (χ0n) is 14.7. The number of nitro groups is 1. The molecule has 0 bridgehead atoms. The molecule has 25 heavy (non-hydrogen) atoms. The van der Waals surface area contributed by atoms with Crippen molar-refractivity contribution in [3.63, 3.8) is 0 Å². The van der Waals surface area contributed by atoms with Gasteiger partial charge in [0.1, 0.15) is 5.75 Å². The lowest BCUT2D eigenvalue weighted by Crippen LogP contribution is -2.33. The highest BCUT2D eigenvalue weighted by atomic mass is 16.6. The maximum Gasteiger partial charge on any atom is 0.275 e. The molecule has 132 valence electrons. The maximum absolute atomic E-state index is 11.7. The second-order valence-electron chi connectivity index (χ2n) is 6.97. The van der Waals surface area contributed by atoms with Gasteiger partial charge in [-0.2, -0.15) is 5.26 Å². The van der Waals surface area contributed by atoms with Gasteiger partial charge < -0.3 is 9.64 Å². The van der Waals surface area contributed by atoms with Crippen LogP contribution in [0.15, 0.2) is 18.2 Å². The monoisotopic (exact) mass is 341 g/mol. The molecule has 1 aliphatic carbocycles. The molecule has 0 radical (unpaired) electrons. The third kappa shape index (κ3) is 3.12. The topological polar surface area (TPSA) is 79.4 Å². The fourth-order valence-electron chi connectivity index (χ4n) is 3.74. The van der Waals surface area contributed by atoms with E-state index >= 15 is 0 Å². The number of nitriles is 1. The molecule has 0 N–H and O–H groups in total. The normalized spacial score (nSPS) is 20.0. The molecular weight excluding hydrogens is 318 g/mol. The SMILES string of the molecule is COc1cc(C2(C#N)CCC2)c([N+](=O)[O-])cc1C1=CCN(C)CCC1. The molecule has 0 atom stereocenters. The van der Waals surface area contributed by atoms with Gasteiger partial charge in [0.05, 0.1) is 29.1 Å². The van der Waals surface area contributed by atoms with Gasteiger partial charge in [-0.25, -0.2) is 0 Å². The number of nitrogens with zero attached hydrogens (tertiary/aromatic N) is 3. The van der Waals surface area contributed by atoms with Crippen molar-refractivity contribution in [1.82, 2.24) is 4.90 Å². The first-order valence-corrected chi connectivity index (χ1v) is 8.67. The predicted molar refractivity (Wildman–Crippen MR) is 95.5 cm³/mol. The summed E-state index contributed by atoms with van der Waals surface area (Å²) in [6, 6.07) is 5.65. The Hall–Kier alpha value is -2.39. The molecule has 1 aliphatic heterocycles. The summed E-state index contributed by atoms with van der Waals surface area (Å²) in [7, 11) is 3.65. The molecule has 1 heterocycles. The van der Waals surface area contributed by atoms with E-state index in [9.17, 15) is 15.4 Å². The molecule has 1 fully saturated rings. The smallest absolute Gasteiger partial charge is 0.275 e. The fourth-order valence-corrected chi connectivity index (χ4v) is 3.74. The third-order valence-electron chi connectivity index (χ3n) is 5.43. The van der Waals surface area contributed by atoms with Gasteiger partial charge in [-0.1, -0.05) is 6.08 Å². The van der Waals surface area contributed by atoms with Crippen LogP contribution in [0.5, 0.6) is 5.75 Å². The van der Waals surface area contributed by atoms with Crippen LogP contribution in [0.4, 0.5) is 5.69 Å². The van der Waals surface area contributed by atoms with Gasteiger partial charge in [0.15, 0.2) is 0 Å². The maximum atomic E-state index is 11.7. The lowest BCUT2D eigenvalue weighted by atomic mass is 9.65. The van der Waals surface area contributed by atoms with Crippen molar-refractivity contribution in [3.05, 3.63) is 39.4 Å². The quantitative estimate of drug-likeness (QED) is 0.617. The van der Waals surface area contributed by atoms with Crippen LogP contribution in [0.3, 0.4) is 0 Å². The van der Waals surface area contributed by atoms with Crippen molar-refractivity contribution >= 4 is 11.3 Å². The van der Waals surface area contributed by atoms with Gasteiger partial charge in [-0.3, -0.25) is 10.1 Å². The largest absolute Gasteiger partial charge is 0.496 e. The van der Waals surface area contributed by atoms with Crippen molar-refractivity contribution in [2.24, 2.45) is 0 Å². The van der Waals surface area contributed by atoms with Crippen LogP contribution in [0.25, 0.3) is 5.57 Å². The highest BCUT2D eigenvalue weighted by molar-refractivity contribution is 5.75. The van der Waals surface area contributed by atoms with Crippen molar-refractivity contribution in [3.8, 4) is 11.8 Å². The molecule has 0 unspecified atom stereocenters. The van der Waals surface area contributed by atoms with Gasteiger partial charge in [0.25, 0.3) is 5.69 Å². The summed E-state index contributed by atoms with van der Waals surface area (Å²) in [6.45, 7) is 1.82. The van der Waals surface area contributed by atoms with E-state index in [1.165, 1.54) is 0 Å². The Labute approximate surface area is 147 Å². The number of nitro benzene ring substituents is 1. The molecule has 1 aromatic rings. The van der Waals surface area contributed by atoms with E-state index in [1.54, 1.807) is 19.2 Å². The van der Waals surface area contributed by atoms with E-state index in [2.05, 4.69) is 24.1 Å². The van der Waals surface area contributed by atoms with Crippen LogP contribution in [-0.2, 0) is 5.41 Å². The number of ether oxygens (including phenoxy) is 1. The summed E-state index contributed by atoms with van der Waals surface area (Å²) < 4.78 is 5.56. The Morgan fingerprint density at radius 2 is 2.12 bits per heavy atom.